The molecule has 0 aromatic heterocycles. The number of rotatable bonds is 6. The third-order valence-electron chi connectivity index (χ3n) is 6.35. The van der Waals surface area contributed by atoms with Crippen LogP contribution in [0.2, 0.25) is 0 Å². The minimum Gasteiger partial charge on any atom is -0.481 e. The Morgan fingerprint density at radius 3 is 2.60 bits per heavy atom. The number of carbonyl (C=O) groups excluding carboxylic acids is 1. The third-order valence-corrected chi connectivity index (χ3v) is 6.35. The smallest absolute Gasteiger partial charge is 0.303 e. The average molecular weight is 405 g/mol. The van der Waals surface area contributed by atoms with E-state index in [0.717, 1.165) is 37.1 Å². The quantitative estimate of drug-likeness (QED) is 0.800. The van der Waals surface area contributed by atoms with Gasteiger partial charge >= 0.3 is 5.97 Å². The molecule has 0 bridgehead atoms. The zero-order valence-electron chi connectivity index (χ0n) is 17.2. The summed E-state index contributed by atoms with van der Waals surface area (Å²) in [6.07, 6.45) is 2.95. The monoisotopic (exact) mass is 404 g/mol. The first-order chi connectivity index (χ1) is 14.6. The number of aliphatic carboxylic acids is 1. The Hall–Kier alpha value is -2.95. The summed E-state index contributed by atoms with van der Waals surface area (Å²) < 4.78 is 0. The van der Waals surface area contributed by atoms with Gasteiger partial charge in [-0.05, 0) is 47.8 Å². The van der Waals surface area contributed by atoms with Gasteiger partial charge in [0.05, 0.1) is 6.42 Å². The fourth-order valence-electron chi connectivity index (χ4n) is 4.75. The van der Waals surface area contributed by atoms with Gasteiger partial charge in [0.25, 0.3) is 0 Å². The Morgan fingerprint density at radius 1 is 1.03 bits per heavy atom. The normalized spacial score (nSPS) is 20.9. The van der Waals surface area contributed by atoms with Crippen molar-refractivity contribution >= 4 is 17.6 Å². The number of carboxylic acids is 1. The maximum atomic E-state index is 12.9. The number of fused-ring (bicyclic) bond motifs is 1. The molecule has 0 radical (unpaired) electrons. The van der Waals surface area contributed by atoms with Crippen LogP contribution in [0.5, 0.6) is 0 Å². The van der Waals surface area contributed by atoms with Crippen molar-refractivity contribution < 1.29 is 14.7 Å². The molecule has 4 rings (SSSR count). The zero-order valence-corrected chi connectivity index (χ0v) is 17.2. The minimum atomic E-state index is -0.764. The molecular weight excluding hydrogens is 376 g/mol. The number of piperidine rings is 1. The van der Waals surface area contributed by atoms with Gasteiger partial charge in [-0.15, -0.1) is 0 Å². The highest BCUT2D eigenvalue weighted by Crippen LogP contribution is 2.32. The molecule has 5 heteroatoms. The van der Waals surface area contributed by atoms with E-state index in [2.05, 4.69) is 18.2 Å². The van der Waals surface area contributed by atoms with E-state index in [1.165, 1.54) is 11.1 Å². The van der Waals surface area contributed by atoms with Crippen molar-refractivity contribution in [3.63, 3.8) is 0 Å². The molecule has 1 N–H and O–H groups in total. The lowest BCUT2D eigenvalue weighted by Crippen LogP contribution is -2.45. The molecule has 30 heavy (non-hydrogen) atoms. The van der Waals surface area contributed by atoms with Crippen LogP contribution in [-0.4, -0.2) is 47.2 Å². The highest BCUT2D eigenvalue weighted by molar-refractivity contribution is 6.02. The van der Waals surface area contributed by atoms with Crippen molar-refractivity contribution in [3.8, 4) is 0 Å². The Kier molecular flexibility index (Phi) is 6.26. The number of nitrogens with zero attached hydrogens (tertiary/aromatic N) is 2. The van der Waals surface area contributed by atoms with E-state index in [0.29, 0.717) is 19.5 Å². The fourth-order valence-corrected chi connectivity index (χ4v) is 4.75. The van der Waals surface area contributed by atoms with Gasteiger partial charge < -0.3 is 10.0 Å². The Bertz CT molecular complexity index is 938. The second kappa shape index (κ2) is 9.24. The average Bonchev–Trinajstić information content (AvgIpc) is 2.75. The van der Waals surface area contributed by atoms with E-state index in [4.69, 9.17) is 4.99 Å². The number of carbonyl (C=O) groups is 2. The van der Waals surface area contributed by atoms with Crippen molar-refractivity contribution in [1.29, 1.82) is 0 Å². The number of aliphatic imine (C=N–C) groups is 1. The predicted molar refractivity (Wildman–Crippen MR) is 117 cm³/mol. The summed E-state index contributed by atoms with van der Waals surface area (Å²) in [7, 11) is 0. The molecular formula is C25H28N2O3. The van der Waals surface area contributed by atoms with Crippen LogP contribution in [0, 0.1) is 11.8 Å². The first kappa shape index (κ1) is 20.3. The molecule has 1 saturated heterocycles. The second-order valence-electron chi connectivity index (χ2n) is 8.35. The maximum Gasteiger partial charge on any atom is 0.303 e. The van der Waals surface area contributed by atoms with Gasteiger partial charge in [-0.1, -0.05) is 54.6 Å². The SMILES string of the molecule is O=C(O)C[C@@H]1CCN(C(=O)Cc2ccccc2)C[C@@H]1CC1=NCCc2ccccc21. The van der Waals surface area contributed by atoms with Gasteiger partial charge in [-0.25, -0.2) is 0 Å². The van der Waals surface area contributed by atoms with Crippen LogP contribution in [0.1, 0.15) is 36.0 Å². The number of carboxylic acid groups (broad SMARTS) is 1. The summed E-state index contributed by atoms with van der Waals surface area (Å²) in [5.74, 6) is -0.467. The van der Waals surface area contributed by atoms with E-state index < -0.39 is 5.97 Å². The molecule has 1 fully saturated rings. The number of benzene rings is 2. The first-order valence-corrected chi connectivity index (χ1v) is 10.7. The van der Waals surface area contributed by atoms with E-state index in [1.54, 1.807) is 0 Å². The summed E-state index contributed by atoms with van der Waals surface area (Å²) in [5, 5.41) is 9.41. The summed E-state index contributed by atoms with van der Waals surface area (Å²) in [5.41, 5.74) is 4.57. The molecule has 0 unspecified atom stereocenters. The van der Waals surface area contributed by atoms with Crippen molar-refractivity contribution in [2.45, 2.75) is 32.1 Å². The lowest BCUT2D eigenvalue weighted by molar-refractivity contribution is -0.139. The summed E-state index contributed by atoms with van der Waals surface area (Å²) in [6, 6.07) is 18.1. The van der Waals surface area contributed by atoms with Crippen LogP contribution >= 0.6 is 0 Å². The van der Waals surface area contributed by atoms with Crippen LogP contribution < -0.4 is 0 Å². The van der Waals surface area contributed by atoms with Gasteiger partial charge in [0.1, 0.15) is 0 Å². The molecule has 1 amide bonds. The van der Waals surface area contributed by atoms with Crippen LogP contribution in [0.3, 0.4) is 0 Å². The predicted octanol–water partition coefficient (Wildman–Crippen LogP) is 3.60. The molecule has 2 heterocycles. The molecule has 2 aromatic carbocycles. The summed E-state index contributed by atoms with van der Waals surface area (Å²) >= 11 is 0. The fraction of sp³-hybridized carbons (Fsp3) is 0.400. The Balaban J connectivity index is 1.49. The lowest BCUT2D eigenvalue weighted by Gasteiger charge is -2.39. The highest BCUT2D eigenvalue weighted by Gasteiger charge is 2.34. The molecule has 2 aromatic rings. The van der Waals surface area contributed by atoms with Crippen molar-refractivity contribution in [2.75, 3.05) is 19.6 Å². The van der Waals surface area contributed by atoms with Crippen molar-refractivity contribution in [1.82, 2.24) is 4.90 Å². The van der Waals surface area contributed by atoms with Crippen molar-refractivity contribution in [3.05, 3.63) is 71.3 Å². The topological polar surface area (TPSA) is 70.0 Å². The summed E-state index contributed by atoms with van der Waals surface area (Å²) in [6.45, 7) is 2.01. The van der Waals surface area contributed by atoms with Gasteiger partial charge in [-0.3, -0.25) is 14.6 Å². The number of amides is 1. The molecule has 2 aliphatic rings. The molecule has 0 aliphatic carbocycles. The molecule has 2 atom stereocenters. The lowest BCUT2D eigenvalue weighted by atomic mass is 9.78. The maximum absolute atomic E-state index is 12.9. The van der Waals surface area contributed by atoms with E-state index in [9.17, 15) is 14.7 Å². The van der Waals surface area contributed by atoms with Gasteiger partial charge in [0, 0.05) is 31.8 Å². The van der Waals surface area contributed by atoms with Gasteiger partial charge in [0.2, 0.25) is 5.91 Å². The highest BCUT2D eigenvalue weighted by atomic mass is 16.4. The number of hydrogen-bond donors (Lipinski definition) is 1. The summed E-state index contributed by atoms with van der Waals surface area (Å²) in [4.78, 5) is 31.1. The van der Waals surface area contributed by atoms with E-state index in [1.807, 2.05) is 41.3 Å². The van der Waals surface area contributed by atoms with Gasteiger partial charge in [-0.2, -0.15) is 0 Å². The third kappa shape index (κ3) is 4.78. The Labute approximate surface area is 177 Å². The molecule has 2 aliphatic heterocycles. The standard InChI is InChI=1S/C25H28N2O3/c28-24(14-18-6-2-1-3-7-18)27-13-11-20(16-25(29)30)21(17-27)15-23-22-9-5-4-8-19(22)10-12-26-23/h1-9,20-21H,10-17H2,(H,29,30)/t20-,21-/m0/s1. The molecule has 0 spiro atoms. The number of hydrogen-bond acceptors (Lipinski definition) is 3. The van der Waals surface area contributed by atoms with Crippen molar-refractivity contribution in [2.24, 2.45) is 16.8 Å². The van der Waals surface area contributed by atoms with Crippen LogP contribution in [0.25, 0.3) is 0 Å². The van der Waals surface area contributed by atoms with Crippen LogP contribution in [0.15, 0.2) is 59.6 Å². The molecule has 5 nitrogen and oxygen atoms in total. The molecule has 156 valence electrons. The second-order valence-corrected chi connectivity index (χ2v) is 8.35. The van der Waals surface area contributed by atoms with Gasteiger partial charge in [0.15, 0.2) is 0 Å². The van der Waals surface area contributed by atoms with E-state index >= 15 is 0 Å². The Morgan fingerprint density at radius 2 is 1.80 bits per heavy atom. The minimum absolute atomic E-state index is 0.0695. The molecule has 0 saturated carbocycles. The first-order valence-electron chi connectivity index (χ1n) is 10.7. The van der Waals surface area contributed by atoms with Crippen LogP contribution in [0.4, 0.5) is 0 Å². The van der Waals surface area contributed by atoms with E-state index in [-0.39, 0.29) is 24.2 Å². The number of likely N-dealkylation sites (tertiary alicyclic amines) is 1. The van der Waals surface area contributed by atoms with Crippen LogP contribution in [-0.2, 0) is 22.4 Å². The largest absolute Gasteiger partial charge is 0.481 e. The zero-order chi connectivity index (χ0) is 20.9.